The number of fused-ring (bicyclic) bond motifs is 6. The van der Waals surface area contributed by atoms with E-state index in [2.05, 4.69) is 48.5 Å². The maximum absolute atomic E-state index is 9.57. The fraction of sp³-hybridized carbons (Fsp3) is 0. The van der Waals surface area contributed by atoms with Crippen molar-refractivity contribution in [2.24, 2.45) is 0 Å². The minimum atomic E-state index is -0.606. The van der Waals surface area contributed by atoms with Crippen LogP contribution in [-0.2, 0) is 0 Å². The summed E-state index contributed by atoms with van der Waals surface area (Å²) in [6, 6.07) is 37.7. The molecule has 0 saturated carbocycles. The van der Waals surface area contributed by atoms with E-state index in [1.165, 1.54) is 0 Å². The third-order valence-corrected chi connectivity index (χ3v) is 9.38. The van der Waals surface area contributed by atoms with Gasteiger partial charge in [0.15, 0.2) is 0 Å². The zero-order valence-electron chi connectivity index (χ0n) is 35.0. The number of rotatable bonds is 4. The predicted molar refractivity (Wildman–Crippen MR) is 208 cm³/mol. The van der Waals surface area contributed by atoms with Crippen molar-refractivity contribution in [1.82, 2.24) is 0 Å². The molecule has 49 heavy (non-hydrogen) atoms. The quantitative estimate of drug-likeness (QED) is 0.176. The van der Waals surface area contributed by atoms with Crippen molar-refractivity contribution in [1.29, 1.82) is 0 Å². The lowest BCUT2D eigenvalue weighted by molar-refractivity contribution is 0.669. The molecular weight excluding hydrogens is 593 g/mol. The molecule has 1 aromatic heterocycles. The number of benzene rings is 9. The van der Waals surface area contributed by atoms with Crippen molar-refractivity contribution in [2.75, 3.05) is 0 Å². The lowest BCUT2D eigenvalue weighted by atomic mass is 9.85. The Morgan fingerprint density at radius 3 is 1.71 bits per heavy atom. The molecule has 1 heterocycles. The minimum Gasteiger partial charge on any atom is -0.456 e. The number of hydrogen-bond donors (Lipinski definition) is 0. The molecule has 10 rings (SSSR count). The summed E-state index contributed by atoms with van der Waals surface area (Å²) in [5.74, 6) is 0. The molecule has 0 spiro atoms. The smallest absolute Gasteiger partial charge is 0.136 e. The first-order valence-corrected chi connectivity index (χ1v) is 16.1. The van der Waals surface area contributed by atoms with Gasteiger partial charge >= 0.3 is 0 Å². The number of furan rings is 1. The van der Waals surface area contributed by atoms with Crippen molar-refractivity contribution in [2.45, 2.75) is 0 Å². The lowest BCUT2D eigenvalue weighted by Crippen LogP contribution is -1.91. The minimum absolute atomic E-state index is 0.0431. The van der Waals surface area contributed by atoms with Crippen molar-refractivity contribution >= 4 is 54.3 Å². The second-order valence-corrected chi connectivity index (χ2v) is 12.1. The van der Waals surface area contributed by atoms with Crippen LogP contribution in [0, 0.1) is 0 Å². The fourth-order valence-corrected chi connectivity index (χ4v) is 7.27. The van der Waals surface area contributed by atoms with Gasteiger partial charge in [-0.15, -0.1) is 0 Å². The van der Waals surface area contributed by atoms with Gasteiger partial charge in [-0.25, -0.2) is 0 Å². The summed E-state index contributed by atoms with van der Waals surface area (Å²) in [4.78, 5) is 0. The molecule has 0 bridgehead atoms. The Bertz CT molecular complexity index is 3320. The molecule has 0 fully saturated rings. The van der Waals surface area contributed by atoms with Gasteiger partial charge in [0, 0.05) is 10.8 Å². The highest BCUT2D eigenvalue weighted by Crippen LogP contribution is 2.45. The van der Waals surface area contributed by atoms with Crippen LogP contribution < -0.4 is 0 Å². The highest BCUT2D eigenvalue weighted by atomic mass is 16.3. The highest BCUT2D eigenvalue weighted by Gasteiger charge is 2.18. The third-order valence-electron chi connectivity index (χ3n) is 9.38. The molecule has 1 nitrogen and oxygen atoms in total. The SMILES string of the molecule is [2H]c1c([2H])c([2H])c(-c2c([2H])c([2H])c([2H])c(-c3c4ccccc4c(-c4cccc(-c5cccc6oc7cc8ccccc8cc7c56)c4)c4ccccc34)c2[2H])c([2H])c1[2H]. The first-order chi connectivity index (χ1) is 28.0. The Labute approximate surface area is 297 Å². The Balaban J connectivity index is 1.24. The van der Waals surface area contributed by atoms with E-state index in [0.29, 0.717) is 16.3 Å². The second-order valence-electron chi connectivity index (χ2n) is 12.1. The van der Waals surface area contributed by atoms with E-state index >= 15 is 0 Å². The van der Waals surface area contributed by atoms with Gasteiger partial charge in [0.2, 0.25) is 0 Å². The monoisotopic (exact) mass is 631 g/mol. The van der Waals surface area contributed by atoms with Gasteiger partial charge in [-0.1, -0.05) is 151 Å². The summed E-state index contributed by atoms with van der Waals surface area (Å²) in [6.45, 7) is 0. The number of hydrogen-bond acceptors (Lipinski definition) is 1. The lowest BCUT2D eigenvalue weighted by Gasteiger charge is -2.18. The van der Waals surface area contributed by atoms with E-state index in [0.717, 1.165) is 65.7 Å². The molecule has 0 amide bonds. The van der Waals surface area contributed by atoms with Crippen LogP contribution in [0.1, 0.15) is 12.3 Å². The molecule has 0 atom stereocenters. The molecule has 0 aliphatic carbocycles. The summed E-state index contributed by atoms with van der Waals surface area (Å²) in [5, 5.41) is 7.34. The van der Waals surface area contributed by atoms with Crippen LogP contribution in [0.4, 0.5) is 0 Å². The Hall–Kier alpha value is -6.44. The van der Waals surface area contributed by atoms with Crippen molar-refractivity contribution in [3.05, 3.63) is 182 Å². The Morgan fingerprint density at radius 2 is 0.980 bits per heavy atom. The van der Waals surface area contributed by atoms with Crippen LogP contribution in [0.5, 0.6) is 0 Å². The second kappa shape index (κ2) is 11.1. The first-order valence-electron chi connectivity index (χ1n) is 20.6. The van der Waals surface area contributed by atoms with E-state index in [4.69, 9.17) is 14.0 Å². The average molecular weight is 632 g/mol. The molecule has 0 aliphatic heterocycles. The Morgan fingerprint density at radius 1 is 0.388 bits per heavy atom. The van der Waals surface area contributed by atoms with Crippen LogP contribution in [0.15, 0.2) is 186 Å². The van der Waals surface area contributed by atoms with Crippen molar-refractivity contribution in [3.8, 4) is 44.5 Å². The Kier molecular flexibility index (Phi) is 4.53. The summed E-state index contributed by atoms with van der Waals surface area (Å²) in [6.07, 6.45) is 0. The van der Waals surface area contributed by atoms with Crippen molar-refractivity contribution in [3.63, 3.8) is 0 Å². The average Bonchev–Trinajstić information content (AvgIpc) is 3.62. The predicted octanol–water partition coefficient (Wildman–Crippen LogP) is 13.7. The summed E-state index contributed by atoms with van der Waals surface area (Å²) in [7, 11) is 0. The molecule has 10 aromatic rings. The summed E-state index contributed by atoms with van der Waals surface area (Å²) in [5.41, 5.74) is 5.40. The molecule has 0 unspecified atom stereocenters. The fourth-order valence-electron chi connectivity index (χ4n) is 7.27. The van der Waals surface area contributed by atoms with E-state index in [1.807, 2.05) is 78.9 Å². The van der Waals surface area contributed by atoms with Gasteiger partial charge in [-0.3, -0.25) is 0 Å². The first kappa shape index (κ1) is 20.0. The third kappa shape index (κ3) is 4.47. The normalized spacial score (nSPS) is 14.2. The van der Waals surface area contributed by atoms with Crippen LogP contribution in [-0.4, -0.2) is 0 Å². The molecular formula is C48H30O. The zero-order chi connectivity index (χ0) is 40.1. The molecule has 228 valence electrons. The zero-order valence-corrected chi connectivity index (χ0v) is 26.0. The van der Waals surface area contributed by atoms with E-state index in [1.54, 1.807) is 0 Å². The van der Waals surface area contributed by atoms with Crippen LogP contribution >= 0.6 is 0 Å². The van der Waals surface area contributed by atoms with Gasteiger partial charge in [-0.2, -0.15) is 0 Å². The van der Waals surface area contributed by atoms with Gasteiger partial charge < -0.3 is 4.42 Å². The van der Waals surface area contributed by atoms with Gasteiger partial charge in [-0.05, 0) is 107 Å². The standard InChI is InChI=1S/C48H30O/c1-2-13-31(14-3-1)32-17-10-19-36(27-32)46-39-21-6-8-23-41(39)47(42-24-9-7-22-40(42)46)37-20-11-18-35(28-37)38-25-12-26-44-48(38)43-29-33-15-4-5-16-34(33)30-45(43)49-44/h1-30H/i1D,2D,3D,10D,13D,14D,17D,19D,27D. The van der Waals surface area contributed by atoms with E-state index < -0.39 is 42.3 Å². The molecule has 0 saturated heterocycles. The highest BCUT2D eigenvalue weighted by molar-refractivity contribution is 6.22. The van der Waals surface area contributed by atoms with Crippen LogP contribution in [0.2, 0.25) is 0 Å². The van der Waals surface area contributed by atoms with Gasteiger partial charge in [0.05, 0.1) is 12.3 Å². The topological polar surface area (TPSA) is 13.1 Å². The van der Waals surface area contributed by atoms with Gasteiger partial charge in [0.1, 0.15) is 11.2 Å². The maximum atomic E-state index is 9.57. The largest absolute Gasteiger partial charge is 0.456 e. The molecule has 1 heteroatoms. The van der Waals surface area contributed by atoms with Crippen LogP contribution in [0.3, 0.4) is 0 Å². The molecule has 0 N–H and O–H groups in total. The van der Waals surface area contributed by atoms with Gasteiger partial charge in [0.25, 0.3) is 0 Å². The van der Waals surface area contributed by atoms with E-state index in [-0.39, 0.29) is 28.8 Å². The summed E-state index contributed by atoms with van der Waals surface area (Å²) < 4.78 is 85.1. The molecule has 0 radical (unpaired) electrons. The van der Waals surface area contributed by atoms with Crippen molar-refractivity contribution < 1.29 is 16.8 Å². The summed E-state index contributed by atoms with van der Waals surface area (Å²) >= 11 is 0. The van der Waals surface area contributed by atoms with Crippen LogP contribution in [0.25, 0.3) is 98.8 Å². The maximum Gasteiger partial charge on any atom is 0.136 e. The molecule has 0 aliphatic rings. The van der Waals surface area contributed by atoms with E-state index in [9.17, 15) is 2.74 Å². The molecule has 9 aromatic carbocycles.